The fourth-order valence-corrected chi connectivity index (χ4v) is 4.46. The van der Waals surface area contributed by atoms with Crippen LogP contribution in [0.15, 0.2) is 77.7 Å². The molecule has 0 aromatic heterocycles. The monoisotopic (exact) mass is 458 g/mol. The SMILES string of the molecule is COc1ccc(C(=O)NCc2ccc(Cl)cc2)cc1S(=O)(=O)N(C)Cc1ccccc1. The second-order valence-corrected chi connectivity index (χ2v) is 9.37. The largest absolute Gasteiger partial charge is 0.495 e. The third-order valence-corrected chi connectivity index (χ3v) is 6.80. The molecule has 3 aromatic carbocycles. The lowest BCUT2D eigenvalue weighted by Crippen LogP contribution is -2.28. The highest BCUT2D eigenvalue weighted by atomic mass is 35.5. The van der Waals surface area contributed by atoms with Gasteiger partial charge in [0.05, 0.1) is 7.11 Å². The number of hydrogen-bond donors (Lipinski definition) is 1. The maximum Gasteiger partial charge on any atom is 0.251 e. The van der Waals surface area contributed by atoms with Gasteiger partial charge in [0.15, 0.2) is 0 Å². The van der Waals surface area contributed by atoms with E-state index in [1.54, 1.807) is 12.1 Å². The minimum atomic E-state index is -3.89. The van der Waals surface area contributed by atoms with E-state index in [2.05, 4.69) is 5.32 Å². The van der Waals surface area contributed by atoms with Gasteiger partial charge in [-0.2, -0.15) is 4.31 Å². The molecule has 0 unspecified atom stereocenters. The quantitative estimate of drug-likeness (QED) is 0.551. The number of ether oxygens (including phenoxy) is 1. The molecule has 0 heterocycles. The molecule has 0 bridgehead atoms. The van der Waals surface area contributed by atoms with Gasteiger partial charge in [0, 0.05) is 30.7 Å². The Morgan fingerprint density at radius 2 is 1.68 bits per heavy atom. The van der Waals surface area contributed by atoms with Crippen LogP contribution in [-0.4, -0.2) is 32.8 Å². The summed E-state index contributed by atoms with van der Waals surface area (Å²) in [5.74, 6) is -0.214. The smallest absolute Gasteiger partial charge is 0.251 e. The van der Waals surface area contributed by atoms with Crippen LogP contribution >= 0.6 is 11.6 Å². The van der Waals surface area contributed by atoms with Gasteiger partial charge in [-0.15, -0.1) is 0 Å². The standard InChI is InChI=1S/C23H23ClN2O4S/c1-26(16-18-6-4-3-5-7-18)31(28,29)22-14-19(10-13-21(22)30-2)23(27)25-15-17-8-11-20(24)12-9-17/h3-14H,15-16H2,1-2H3,(H,25,27). The number of carbonyl (C=O) groups is 1. The van der Waals surface area contributed by atoms with Crippen LogP contribution in [0.4, 0.5) is 0 Å². The van der Waals surface area contributed by atoms with Gasteiger partial charge in [-0.1, -0.05) is 54.1 Å². The highest BCUT2D eigenvalue weighted by molar-refractivity contribution is 7.89. The van der Waals surface area contributed by atoms with Crippen LogP contribution in [0.1, 0.15) is 21.5 Å². The van der Waals surface area contributed by atoms with Crippen LogP contribution in [0.25, 0.3) is 0 Å². The summed E-state index contributed by atoms with van der Waals surface area (Å²) in [4.78, 5) is 12.6. The van der Waals surface area contributed by atoms with E-state index in [0.717, 1.165) is 11.1 Å². The van der Waals surface area contributed by atoms with Crippen molar-refractivity contribution in [3.05, 3.63) is 94.5 Å². The molecule has 0 aliphatic heterocycles. The first-order valence-corrected chi connectivity index (χ1v) is 11.3. The number of nitrogens with zero attached hydrogens (tertiary/aromatic N) is 1. The van der Waals surface area contributed by atoms with Crippen LogP contribution in [-0.2, 0) is 23.1 Å². The number of methoxy groups -OCH3 is 1. The molecule has 31 heavy (non-hydrogen) atoms. The fraction of sp³-hybridized carbons (Fsp3) is 0.174. The summed E-state index contributed by atoms with van der Waals surface area (Å²) in [6.07, 6.45) is 0. The maximum atomic E-state index is 13.2. The van der Waals surface area contributed by atoms with Gasteiger partial charge in [-0.25, -0.2) is 8.42 Å². The van der Waals surface area contributed by atoms with Crippen LogP contribution in [0, 0.1) is 0 Å². The lowest BCUT2D eigenvalue weighted by atomic mass is 10.2. The zero-order chi connectivity index (χ0) is 22.4. The van der Waals surface area contributed by atoms with E-state index in [4.69, 9.17) is 16.3 Å². The molecule has 0 fully saturated rings. The minimum absolute atomic E-state index is 0.0624. The minimum Gasteiger partial charge on any atom is -0.495 e. The Kier molecular flexibility index (Phi) is 7.33. The van der Waals surface area contributed by atoms with Crippen molar-refractivity contribution in [1.82, 2.24) is 9.62 Å². The van der Waals surface area contributed by atoms with E-state index in [-0.39, 0.29) is 35.2 Å². The molecule has 162 valence electrons. The van der Waals surface area contributed by atoms with Gasteiger partial charge in [0.1, 0.15) is 10.6 Å². The van der Waals surface area contributed by atoms with Crippen molar-refractivity contribution < 1.29 is 17.9 Å². The second-order valence-electron chi connectivity index (χ2n) is 6.92. The molecule has 0 atom stereocenters. The van der Waals surface area contributed by atoms with Gasteiger partial charge in [-0.05, 0) is 41.5 Å². The van der Waals surface area contributed by atoms with Crippen LogP contribution in [0.2, 0.25) is 5.02 Å². The normalized spacial score (nSPS) is 11.4. The molecule has 0 saturated heterocycles. The van der Waals surface area contributed by atoms with Gasteiger partial charge in [0.2, 0.25) is 10.0 Å². The molecule has 0 aliphatic rings. The van der Waals surface area contributed by atoms with Gasteiger partial charge in [0.25, 0.3) is 5.91 Å². The molecule has 3 rings (SSSR count). The summed E-state index contributed by atoms with van der Waals surface area (Å²) in [5, 5.41) is 3.40. The predicted molar refractivity (Wildman–Crippen MR) is 121 cm³/mol. The summed E-state index contributed by atoms with van der Waals surface area (Å²) in [6, 6.07) is 20.7. The molecule has 0 spiro atoms. The third-order valence-electron chi connectivity index (χ3n) is 4.73. The molecule has 0 radical (unpaired) electrons. The Balaban J connectivity index is 1.81. The first-order valence-electron chi connectivity index (χ1n) is 9.52. The molecular weight excluding hydrogens is 436 g/mol. The molecule has 3 aromatic rings. The number of halogens is 1. The average molecular weight is 459 g/mol. The molecule has 0 saturated carbocycles. The number of amides is 1. The van der Waals surface area contributed by atoms with Crippen LogP contribution in [0.3, 0.4) is 0 Å². The summed E-state index contributed by atoms with van der Waals surface area (Å²) in [7, 11) is -1.00. The van der Waals surface area contributed by atoms with Gasteiger partial charge in [-0.3, -0.25) is 4.79 Å². The van der Waals surface area contributed by atoms with Crippen molar-refractivity contribution in [2.75, 3.05) is 14.2 Å². The summed E-state index contributed by atoms with van der Waals surface area (Å²) in [5.41, 5.74) is 1.95. The number of carbonyl (C=O) groups excluding carboxylic acids is 1. The number of sulfonamides is 1. The Labute approximate surface area is 187 Å². The van der Waals surface area contributed by atoms with Crippen molar-refractivity contribution in [3.63, 3.8) is 0 Å². The Morgan fingerprint density at radius 1 is 1.00 bits per heavy atom. The number of rotatable bonds is 8. The lowest BCUT2D eigenvalue weighted by Gasteiger charge is -2.19. The second kappa shape index (κ2) is 9.96. The van der Waals surface area contributed by atoms with Crippen molar-refractivity contribution in [3.8, 4) is 5.75 Å². The predicted octanol–water partition coefficient (Wildman–Crippen LogP) is 4.10. The van der Waals surface area contributed by atoms with E-state index in [9.17, 15) is 13.2 Å². The zero-order valence-electron chi connectivity index (χ0n) is 17.2. The summed E-state index contributed by atoms with van der Waals surface area (Å²) >= 11 is 5.88. The number of hydrogen-bond acceptors (Lipinski definition) is 4. The van der Waals surface area contributed by atoms with E-state index >= 15 is 0 Å². The lowest BCUT2D eigenvalue weighted by molar-refractivity contribution is 0.0950. The molecule has 0 aliphatic carbocycles. The van der Waals surface area contributed by atoms with Crippen molar-refractivity contribution in [2.24, 2.45) is 0 Å². The molecule has 1 amide bonds. The zero-order valence-corrected chi connectivity index (χ0v) is 18.8. The van der Waals surface area contributed by atoms with Crippen molar-refractivity contribution in [2.45, 2.75) is 18.0 Å². The summed E-state index contributed by atoms with van der Waals surface area (Å²) < 4.78 is 32.9. The van der Waals surface area contributed by atoms with E-state index in [1.165, 1.54) is 36.7 Å². The Hall–Kier alpha value is -2.87. The van der Waals surface area contributed by atoms with E-state index in [0.29, 0.717) is 5.02 Å². The average Bonchev–Trinajstić information content (AvgIpc) is 2.78. The van der Waals surface area contributed by atoms with Gasteiger partial charge < -0.3 is 10.1 Å². The van der Waals surface area contributed by atoms with Crippen LogP contribution in [0.5, 0.6) is 5.75 Å². The van der Waals surface area contributed by atoms with Crippen molar-refractivity contribution in [1.29, 1.82) is 0 Å². The molecule has 1 N–H and O–H groups in total. The third kappa shape index (κ3) is 5.64. The fourth-order valence-electron chi connectivity index (χ4n) is 3.00. The topological polar surface area (TPSA) is 75.7 Å². The number of nitrogens with one attached hydrogen (secondary N) is 1. The number of benzene rings is 3. The van der Waals surface area contributed by atoms with E-state index in [1.807, 2.05) is 42.5 Å². The first-order chi connectivity index (χ1) is 14.8. The Morgan fingerprint density at radius 3 is 2.32 bits per heavy atom. The van der Waals surface area contributed by atoms with Crippen LogP contribution < -0.4 is 10.1 Å². The van der Waals surface area contributed by atoms with Crippen molar-refractivity contribution >= 4 is 27.5 Å². The molecule has 6 nitrogen and oxygen atoms in total. The molecular formula is C23H23ClN2O4S. The van der Waals surface area contributed by atoms with Gasteiger partial charge >= 0.3 is 0 Å². The maximum absolute atomic E-state index is 13.2. The Bertz CT molecular complexity index is 1150. The first kappa shape index (κ1) is 22.8. The van der Waals surface area contributed by atoms with E-state index < -0.39 is 10.0 Å². The molecule has 8 heteroatoms. The summed E-state index contributed by atoms with van der Waals surface area (Å²) in [6.45, 7) is 0.483. The highest BCUT2D eigenvalue weighted by Gasteiger charge is 2.26. The highest BCUT2D eigenvalue weighted by Crippen LogP contribution is 2.28.